The van der Waals surface area contributed by atoms with Crippen molar-refractivity contribution in [3.8, 4) is 0 Å². The fraction of sp³-hybridized carbons (Fsp3) is 0.579. The van der Waals surface area contributed by atoms with Crippen molar-refractivity contribution in [2.75, 3.05) is 33.3 Å². The molecule has 1 N–H and O–H groups in total. The SMILES string of the molecule is C.COC(=O)[C@H]1CCC(=O)N1C1CCN(Cc2ccc(Cl)c(C)c2)CC1.Cc1cc(CN2CCC(N3C(=O)CC[C@@H]3C(=O)O)CC2)ccc1Cl.II(I)I. The summed E-state index contributed by atoms with van der Waals surface area (Å²) in [5, 5.41) is 10.9. The summed E-state index contributed by atoms with van der Waals surface area (Å²) in [6.45, 7) is 9.37. The van der Waals surface area contributed by atoms with Gasteiger partial charge in [0, 0.05) is 74.2 Å². The molecule has 0 spiro atoms. The van der Waals surface area contributed by atoms with Crippen molar-refractivity contribution in [1.29, 1.82) is 0 Å². The first-order chi connectivity index (χ1) is 25.2. The molecule has 2 aromatic carbocycles. The van der Waals surface area contributed by atoms with Crippen molar-refractivity contribution >= 4 is 111 Å². The topological polar surface area (TPSA) is 111 Å². The zero-order valence-electron chi connectivity index (χ0n) is 30.2. The predicted octanol–water partition coefficient (Wildman–Crippen LogP) is 9.64. The maximum atomic E-state index is 12.2. The number of aryl methyl sites for hydroxylation is 2. The van der Waals surface area contributed by atoms with Gasteiger partial charge in [-0.05, 0) is 86.8 Å². The number of esters is 1. The number of methoxy groups -OCH3 is 1. The number of carbonyl (C=O) groups is 4. The Balaban J connectivity index is 0.000000260. The Morgan fingerprint density at radius 3 is 1.46 bits per heavy atom. The second-order valence-corrected chi connectivity index (χ2v) is 63.5. The Morgan fingerprint density at radius 2 is 1.11 bits per heavy atom. The second-order valence-electron chi connectivity index (χ2n) is 13.9. The molecule has 6 rings (SSSR count). The van der Waals surface area contributed by atoms with Crippen LogP contribution in [-0.4, -0.2) is 106 Å². The Morgan fingerprint density at radius 1 is 0.741 bits per heavy atom. The summed E-state index contributed by atoms with van der Waals surface area (Å²) in [5.41, 5.74) is 4.66. The normalized spacial score (nSPS) is 21.4. The van der Waals surface area contributed by atoms with Gasteiger partial charge in [-0.15, -0.1) is 0 Å². The van der Waals surface area contributed by atoms with Gasteiger partial charge in [-0.2, -0.15) is 0 Å². The van der Waals surface area contributed by atoms with E-state index in [1.54, 1.807) is 9.80 Å². The van der Waals surface area contributed by atoms with Crippen LogP contribution in [0.3, 0.4) is 0 Å². The first kappa shape index (κ1) is 48.1. The Bertz CT molecular complexity index is 1590. The number of likely N-dealkylation sites (tertiary alicyclic amines) is 4. The van der Waals surface area contributed by atoms with E-state index in [1.807, 2.05) is 32.0 Å². The van der Waals surface area contributed by atoms with E-state index in [4.69, 9.17) is 27.9 Å². The summed E-state index contributed by atoms with van der Waals surface area (Å²) in [4.78, 5) is 55.8. The third-order valence-electron chi connectivity index (χ3n) is 10.4. The molecule has 4 heterocycles. The number of carboxylic acid groups (broad SMARTS) is 1. The van der Waals surface area contributed by atoms with E-state index in [2.05, 4.69) is 83.8 Å². The van der Waals surface area contributed by atoms with Gasteiger partial charge in [-0.1, -0.05) is 54.9 Å². The van der Waals surface area contributed by atoms with Gasteiger partial charge in [0.1, 0.15) is 12.1 Å². The number of halogens is 6. The Labute approximate surface area is 367 Å². The molecule has 2 amide bonds. The molecule has 302 valence electrons. The minimum atomic E-state index is -0.875. The van der Waals surface area contributed by atoms with Crippen LogP contribution in [0.1, 0.15) is 81.0 Å². The fourth-order valence-corrected chi connectivity index (χ4v) is 8.00. The molecule has 0 aromatic heterocycles. The van der Waals surface area contributed by atoms with Crippen LogP contribution >= 0.6 is 86.9 Å². The van der Waals surface area contributed by atoms with E-state index in [0.717, 1.165) is 86.1 Å². The molecule has 0 aliphatic carbocycles. The number of nitrogens with zero attached hydrogens (tertiary/aromatic N) is 4. The molecule has 4 fully saturated rings. The van der Waals surface area contributed by atoms with Crippen LogP contribution in [0.2, 0.25) is 10.0 Å². The zero-order valence-corrected chi connectivity index (χ0v) is 40.4. The number of hydrogen-bond acceptors (Lipinski definition) is 7. The monoisotopic (exact) mass is 1240 g/mol. The van der Waals surface area contributed by atoms with Crippen molar-refractivity contribution in [2.45, 2.75) is 110 Å². The standard InChI is InChI=1S/C19H25ClN2O3.C18H23ClN2O3.CH4.I4/c1-13-11-14(3-4-16(13)20)12-21-9-7-15(8-10-21)22-17(19(24)25-2)5-6-18(22)23;1-12-10-13(2-3-15(12)19)11-20-8-6-14(7-9-20)21-16(18(23)24)4-5-17(21)22;;1-4(2)3/h3-4,11,15,17H,5-10,12H2,1-2H3;2-3,10,14,16H,4-9,11H2,1H3,(H,23,24);1H4;/t17-;16-;;/m11../s1. The predicted molar refractivity (Wildman–Crippen MR) is 251 cm³/mol. The molecule has 16 heteroatoms. The van der Waals surface area contributed by atoms with Crippen LogP contribution in [0.15, 0.2) is 36.4 Å². The van der Waals surface area contributed by atoms with Gasteiger partial charge >= 0.3 is 75.7 Å². The number of carbonyl (C=O) groups excluding carboxylic acids is 3. The van der Waals surface area contributed by atoms with Gasteiger partial charge in [0.15, 0.2) is 0 Å². The van der Waals surface area contributed by atoms with Crippen molar-refractivity contribution in [2.24, 2.45) is 0 Å². The third kappa shape index (κ3) is 13.9. The molecule has 10 nitrogen and oxygen atoms in total. The number of rotatable bonds is 8. The van der Waals surface area contributed by atoms with Crippen molar-refractivity contribution in [3.05, 3.63) is 68.7 Å². The van der Waals surface area contributed by atoms with Gasteiger partial charge in [0.25, 0.3) is 0 Å². The van der Waals surface area contributed by atoms with Crippen LogP contribution in [0, 0.1) is 13.8 Å². The quantitative estimate of drug-likeness (QED) is 0.206. The Hall–Kier alpha value is -0.260. The van der Waals surface area contributed by atoms with Gasteiger partial charge < -0.3 is 19.6 Å². The van der Waals surface area contributed by atoms with Crippen molar-refractivity contribution in [1.82, 2.24) is 19.6 Å². The van der Waals surface area contributed by atoms with E-state index in [1.165, 1.54) is 18.2 Å². The van der Waals surface area contributed by atoms with E-state index in [-0.39, 0.29) is 45.2 Å². The summed E-state index contributed by atoms with van der Waals surface area (Å²) in [7, 11) is 1.04. The van der Waals surface area contributed by atoms with Gasteiger partial charge in [0.2, 0.25) is 11.8 Å². The van der Waals surface area contributed by atoms with Crippen molar-refractivity contribution in [3.63, 3.8) is 0 Å². The average molecular weight is 1240 g/mol. The van der Waals surface area contributed by atoms with E-state index < -0.39 is 18.1 Å². The number of piperidine rings is 2. The molecular weight excluding hydrogens is 1190 g/mol. The number of ether oxygens (including phenoxy) is 1. The number of aliphatic carboxylic acids is 1. The molecular formula is C38H52Cl2I4N4O6. The Kier molecular flexibility index (Phi) is 20.8. The number of hydrogen-bond donors (Lipinski definition) is 1. The van der Waals surface area contributed by atoms with Crippen LogP contribution in [0.5, 0.6) is 0 Å². The van der Waals surface area contributed by atoms with Gasteiger partial charge in [0.05, 0.1) is 7.11 Å². The second kappa shape index (κ2) is 23.4. The van der Waals surface area contributed by atoms with E-state index >= 15 is 0 Å². The molecule has 0 unspecified atom stereocenters. The summed E-state index contributed by atoms with van der Waals surface area (Å²) in [6.07, 6.45) is 5.29. The zero-order chi connectivity index (χ0) is 38.8. The molecule has 0 bridgehead atoms. The molecule has 0 saturated carbocycles. The minimum absolute atomic E-state index is 0. The van der Waals surface area contributed by atoms with Gasteiger partial charge in [-0.3, -0.25) is 19.4 Å². The van der Waals surface area contributed by atoms with Crippen LogP contribution in [-0.2, 0) is 37.0 Å². The molecule has 2 aromatic rings. The summed E-state index contributed by atoms with van der Waals surface area (Å²) in [6, 6.07) is 11.4. The molecule has 2 atom stereocenters. The fourth-order valence-electron chi connectivity index (χ4n) is 7.77. The molecule has 0 radical (unpaired) electrons. The molecule has 4 aliphatic rings. The third-order valence-corrected chi connectivity index (χ3v) is 11.3. The summed E-state index contributed by atoms with van der Waals surface area (Å²) in [5.74, 6) is -1.08. The molecule has 4 saturated heterocycles. The molecule has 4 aliphatic heterocycles. The van der Waals surface area contributed by atoms with Crippen LogP contribution < -0.4 is 0 Å². The summed E-state index contributed by atoms with van der Waals surface area (Å²) >= 11 is 19.6. The first-order valence-corrected chi connectivity index (χ1v) is 37.4. The number of carboxylic acids is 1. The maximum absolute atomic E-state index is 12.2. The first-order valence-electron chi connectivity index (χ1n) is 17.8. The molecule has 54 heavy (non-hydrogen) atoms. The van der Waals surface area contributed by atoms with Gasteiger partial charge in [-0.25, -0.2) is 9.59 Å². The van der Waals surface area contributed by atoms with E-state index in [0.29, 0.717) is 25.7 Å². The number of amides is 2. The van der Waals surface area contributed by atoms with Crippen LogP contribution in [0.25, 0.3) is 0 Å². The number of benzene rings is 2. The van der Waals surface area contributed by atoms with Crippen molar-refractivity contribution < 1.29 is 29.0 Å². The van der Waals surface area contributed by atoms with E-state index in [9.17, 15) is 24.3 Å². The summed E-state index contributed by atoms with van der Waals surface area (Å²) < 4.78 is 4.87. The average Bonchev–Trinajstić information content (AvgIpc) is 3.71. The van der Waals surface area contributed by atoms with Crippen LogP contribution in [0.4, 0.5) is 0 Å².